The Kier molecular flexibility index (Phi) is 5.12. The first-order chi connectivity index (χ1) is 9.52. The van der Waals surface area contributed by atoms with Crippen LogP contribution in [-0.2, 0) is 20.8 Å². The summed E-state index contributed by atoms with van der Waals surface area (Å²) in [5, 5.41) is 18.8. The molecule has 1 aliphatic heterocycles. The fourth-order valence-corrected chi connectivity index (χ4v) is 2.29. The highest BCUT2D eigenvalue weighted by atomic mass is 16.8. The molecule has 0 spiro atoms. The van der Waals surface area contributed by atoms with E-state index in [2.05, 4.69) is 0 Å². The fourth-order valence-electron chi connectivity index (χ4n) is 2.29. The summed E-state index contributed by atoms with van der Waals surface area (Å²) < 4.78 is 16.9. The Morgan fingerprint density at radius 3 is 2.60 bits per heavy atom. The highest BCUT2D eigenvalue weighted by Crippen LogP contribution is 2.30. The molecule has 2 N–H and O–H groups in total. The highest BCUT2D eigenvalue weighted by Gasteiger charge is 2.44. The van der Waals surface area contributed by atoms with Gasteiger partial charge in [0.05, 0.1) is 19.8 Å². The van der Waals surface area contributed by atoms with Crippen molar-refractivity contribution in [3.8, 4) is 0 Å². The summed E-state index contributed by atoms with van der Waals surface area (Å²) in [6.07, 6.45) is -1.94. The molecular weight excluding hydrogens is 260 g/mol. The smallest absolute Gasteiger partial charge is 0.164 e. The van der Waals surface area contributed by atoms with Gasteiger partial charge in [0.2, 0.25) is 0 Å². The van der Waals surface area contributed by atoms with Crippen molar-refractivity contribution < 1.29 is 24.4 Å². The molecular formula is C15H22O5. The zero-order valence-corrected chi connectivity index (χ0v) is 11.9. The second-order valence-corrected chi connectivity index (χ2v) is 5.39. The molecule has 0 bridgehead atoms. The van der Waals surface area contributed by atoms with Crippen LogP contribution in [-0.4, -0.2) is 47.5 Å². The van der Waals surface area contributed by atoms with E-state index in [-0.39, 0.29) is 6.61 Å². The lowest BCUT2D eigenvalue weighted by atomic mass is 10.1. The van der Waals surface area contributed by atoms with Crippen LogP contribution in [0, 0.1) is 0 Å². The molecule has 0 aromatic heterocycles. The Hall–Kier alpha value is -0.980. The lowest BCUT2D eigenvalue weighted by Gasteiger charge is -2.20. The molecule has 1 aromatic rings. The Morgan fingerprint density at radius 1 is 1.25 bits per heavy atom. The molecule has 2 rings (SSSR count). The third-order valence-electron chi connectivity index (χ3n) is 3.18. The number of benzene rings is 1. The molecule has 112 valence electrons. The maximum atomic E-state index is 9.77. The Bertz CT molecular complexity index is 406. The van der Waals surface area contributed by atoms with Crippen molar-refractivity contribution in [2.75, 3.05) is 13.2 Å². The summed E-state index contributed by atoms with van der Waals surface area (Å²) in [4.78, 5) is 0. The molecule has 5 nitrogen and oxygen atoms in total. The van der Waals surface area contributed by atoms with Crippen molar-refractivity contribution in [3.05, 3.63) is 35.9 Å². The minimum Gasteiger partial charge on any atom is -0.394 e. The number of ether oxygens (including phenoxy) is 3. The zero-order valence-electron chi connectivity index (χ0n) is 11.9. The van der Waals surface area contributed by atoms with Gasteiger partial charge in [-0.2, -0.15) is 0 Å². The zero-order chi connectivity index (χ0) is 14.6. The summed E-state index contributed by atoms with van der Waals surface area (Å²) in [7, 11) is 0. The van der Waals surface area contributed by atoms with Crippen LogP contribution in [0.15, 0.2) is 30.3 Å². The van der Waals surface area contributed by atoms with E-state index in [0.29, 0.717) is 13.2 Å². The first kappa shape index (κ1) is 15.4. The Balaban J connectivity index is 1.87. The predicted molar refractivity (Wildman–Crippen MR) is 73.0 cm³/mol. The summed E-state index contributed by atoms with van der Waals surface area (Å²) >= 11 is 0. The van der Waals surface area contributed by atoms with Gasteiger partial charge in [-0.15, -0.1) is 0 Å². The van der Waals surface area contributed by atoms with Crippen LogP contribution in [0.1, 0.15) is 19.4 Å². The number of aliphatic hydroxyl groups is 2. The van der Waals surface area contributed by atoms with Gasteiger partial charge >= 0.3 is 0 Å². The third kappa shape index (κ3) is 4.01. The van der Waals surface area contributed by atoms with E-state index < -0.39 is 24.1 Å². The second-order valence-electron chi connectivity index (χ2n) is 5.39. The van der Waals surface area contributed by atoms with Gasteiger partial charge in [-0.05, 0) is 19.4 Å². The van der Waals surface area contributed by atoms with Crippen LogP contribution in [0.25, 0.3) is 0 Å². The third-order valence-corrected chi connectivity index (χ3v) is 3.18. The predicted octanol–water partition coefficient (Wildman–Crippen LogP) is 1.08. The van der Waals surface area contributed by atoms with E-state index >= 15 is 0 Å². The van der Waals surface area contributed by atoms with Gasteiger partial charge < -0.3 is 24.4 Å². The molecule has 3 atom stereocenters. The van der Waals surface area contributed by atoms with Gasteiger partial charge in [-0.3, -0.25) is 0 Å². The second kappa shape index (κ2) is 6.65. The van der Waals surface area contributed by atoms with E-state index in [1.807, 2.05) is 30.3 Å². The molecule has 5 heteroatoms. The van der Waals surface area contributed by atoms with Gasteiger partial charge in [-0.25, -0.2) is 0 Å². The SMILES string of the molecule is CC1(C)O[C@H]([C@H](O)CO)[C@@H](COCc2ccccc2)O1. The summed E-state index contributed by atoms with van der Waals surface area (Å²) in [6, 6.07) is 9.82. The van der Waals surface area contributed by atoms with Crippen LogP contribution >= 0.6 is 0 Å². The normalized spacial score (nSPS) is 26.6. The molecule has 0 aliphatic carbocycles. The van der Waals surface area contributed by atoms with E-state index in [4.69, 9.17) is 19.3 Å². The standard InChI is InChI=1S/C15H22O5/c1-15(2)19-13(14(20-15)12(17)8-16)10-18-9-11-6-4-3-5-7-11/h3-7,12-14,16-17H,8-10H2,1-2H3/t12-,13-,14-/m1/s1. The lowest BCUT2D eigenvalue weighted by Crippen LogP contribution is -2.39. The molecule has 1 heterocycles. The van der Waals surface area contributed by atoms with Crippen molar-refractivity contribution in [2.45, 2.75) is 44.6 Å². The maximum absolute atomic E-state index is 9.77. The first-order valence-corrected chi connectivity index (χ1v) is 6.78. The van der Waals surface area contributed by atoms with Gasteiger partial charge in [0.25, 0.3) is 0 Å². The maximum Gasteiger partial charge on any atom is 0.164 e. The van der Waals surface area contributed by atoms with E-state index in [1.165, 1.54) is 0 Å². The van der Waals surface area contributed by atoms with E-state index in [0.717, 1.165) is 5.56 Å². The molecule has 1 aliphatic rings. The molecule has 1 saturated heterocycles. The van der Waals surface area contributed by atoms with E-state index in [9.17, 15) is 5.11 Å². The van der Waals surface area contributed by atoms with Gasteiger partial charge in [0.1, 0.15) is 18.3 Å². The molecule has 1 aromatic carbocycles. The number of aliphatic hydroxyl groups excluding tert-OH is 2. The van der Waals surface area contributed by atoms with Crippen LogP contribution < -0.4 is 0 Å². The lowest BCUT2D eigenvalue weighted by molar-refractivity contribution is -0.159. The summed E-state index contributed by atoms with van der Waals surface area (Å²) in [5.41, 5.74) is 1.07. The van der Waals surface area contributed by atoms with E-state index in [1.54, 1.807) is 13.8 Å². The summed E-state index contributed by atoms with van der Waals surface area (Å²) in [6.45, 7) is 3.98. The topological polar surface area (TPSA) is 68.2 Å². The largest absolute Gasteiger partial charge is 0.394 e. The van der Waals surface area contributed by atoms with Crippen molar-refractivity contribution in [3.63, 3.8) is 0 Å². The monoisotopic (exact) mass is 282 g/mol. The van der Waals surface area contributed by atoms with Gasteiger partial charge in [0.15, 0.2) is 5.79 Å². The molecule has 0 saturated carbocycles. The van der Waals surface area contributed by atoms with Crippen molar-refractivity contribution in [1.82, 2.24) is 0 Å². The van der Waals surface area contributed by atoms with Crippen molar-refractivity contribution in [2.24, 2.45) is 0 Å². The summed E-state index contributed by atoms with van der Waals surface area (Å²) in [5.74, 6) is -0.776. The van der Waals surface area contributed by atoms with Crippen LogP contribution in [0.5, 0.6) is 0 Å². The number of hydrogen-bond acceptors (Lipinski definition) is 5. The average molecular weight is 282 g/mol. The van der Waals surface area contributed by atoms with Crippen molar-refractivity contribution in [1.29, 1.82) is 0 Å². The van der Waals surface area contributed by atoms with Crippen LogP contribution in [0.4, 0.5) is 0 Å². The minimum atomic E-state index is -0.970. The molecule has 20 heavy (non-hydrogen) atoms. The Labute approximate surface area is 119 Å². The minimum absolute atomic E-state index is 0.306. The fraction of sp³-hybridized carbons (Fsp3) is 0.600. The number of hydrogen-bond donors (Lipinski definition) is 2. The average Bonchev–Trinajstić information content (AvgIpc) is 2.74. The molecule has 0 unspecified atom stereocenters. The molecule has 0 amide bonds. The van der Waals surface area contributed by atoms with Crippen LogP contribution in [0.2, 0.25) is 0 Å². The van der Waals surface area contributed by atoms with Gasteiger partial charge in [0, 0.05) is 0 Å². The number of rotatable bonds is 6. The van der Waals surface area contributed by atoms with Gasteiger partial charge in [-0.1, -0.05) is 30.3 Å². The molecule has 1 fully saturated rings. The Morgan fingerprint density at radius 2 is 1.95 bits per heavy atom. The molecule has 0 radical (unpaired) electrons. The quantitative estimate of drug-likeness (QED) is 0.817. The van der Waals surface area contributed by atoms with Crippen LogP contribution in [0.3, 0.4) is 0 Å². The first-order valence-electron chi connectivity index (χ1n) is 6.78. The van der Waals surface area contributed by atoms with Crippen molar-refractivity contribution >= 4 is 0 Å². The highest BCUT2D eigenvalue weighted by molar-refractivity contribution is 5.13.